The van der Waals surface area contributed by atoms with Gasteiger partial charge in [0.2, 0.25) is 0 Å². The first-order valence-electron chi connectivity index (χ1n) is 5.37. The summed E-state index contributed by atoms with van der Waals surface area (Å²) in [5, 5.41) is 1.02. The predicted molar refractivity (Wildman–Crippen MR) is 70.7 cm³/mol. The van der Waals surface area contributed by atoms with E-state index in [1.807, 2.05) is 0 Å². The molecule has 0 unspecified atom stereocenters. The Morgan fingerprint density at radius 1 is 0.786 bits per heavy atom. The van der Waals surface area contributed by atoms with Gasteiger partial charge < -0.3 is 0 Å². The molecule has 0 aromatic carbocycles. The molecule has 0 rings (SSSR count). The molecule has 0 atom stereocenters. The third kappa shape index (κ3) is 3.39. The maximum Gasteiger partial charge on any atom is 0.00339 e. The lowest BCUT2D eigenvalue weighted by atomic mass is 10.2. The average Bonchev–Trinajstić information content (AvgIpc) is 1.79. The Balaban J connectivity index is 5.24. The molecule has 0 spiro atoms. The molecule has 84 valence electrons. The zero-order chi connectivity index (χ0) is 11.8. The van der Waals surface area contributed by atoms with Crippen molar-refractivity contribution in [2.24, 2.45) is 0 Å². The van der Waals surface area contributed by atoms with Crippen molar-refractivity contribution < 1.29 is 0 Å². The minimum absolute atomic E-state index is 0.104. The highest BCUT2D eigenvalue weighted by Gasteiger charge is 2.42. The quantitative estimate of drug-likeness (QED) is 0.446. The highest BCUT2D eigenvalue weighted by Crippen LogP contribution is 2.67. The smallest absolute Gasteiger partial charge is 0.00339 e. The van der Waals surface area contributed by atoms with Crippen molar-refractivity contribution in [1.29, 1.82) is 0 Å². The average molecular weight is 214 g/mol. The fourth-order valence-electron chi connectivity index (χ4n) is 2.83. The van der Waals surface area contributed by atoms with Gasteiger partial charge in [-0.25, -0.2) is 0 Å². The first-order valence-corrected chi connectivity index (χ1v) is 6.71. The second kappa shape index (κ2) is 3.97. The van der Waals surface area contributed by atoms with Crippen LogP contribution < -0.4 is 0 Å². The lowest BCUT2D eigenvalue weighted by Gasteiger charge is -2.50. The SMILES string of the molecule is C=CC(C)(C)P(C(C)(C)C)C(C)(C)C. The highest BCUT2D eigenvalue weighted by molar-refractivity contribution is 7.62. The Labute approximate surface area is 91.9 Å². The molecular weight excluding hydrogens is 187 g/mol. The minimum atomic E-state index is -0.104. The van der Waals surface area contributed by atoms with Crippen LogP contribution in [0.2, 0.25) is 0 Å². The summed E-state index contributed by atoms with van der Waals surface area (Å²) < 4.78 is 0. The predicted octanol–water partition coefficient (Wildman–Crippen LogP) is 5.03. The molecule has 0 nitrogen and oxygen atoms in total. The molecule has 1 heteroatoms. The van der Waals surface area contributed by atoms with Crippen LogP contribution in [0.15, 0.2) is 12.7 Å². The molecule has 0 N–H and O–H groups in total. The summed E-state index contributed by atoms with van der Waals surface area (Å²) in [6.07, 6.45) is 2.13. The van der Waals surface area contributed by atoms with E-state index in [9.17, 15) is 0 Å². The Kier molecular flexibility index (Phi) is 4.02. The summed E-state index contributed by atoms with van der Waals surface area (Å²) in [7, 11) is -0.104. The van der Waals surface area contributed by atoms with Gasteiger partial charge in [-0.3, -0.25) is 0 Å². The molecule has 0 aliphatic rings. The van der Waals surface area contributed by atoms with Crippen LogP contribution in [0.4, 0.5) is 0 Å². The molecule has 0 aromatic rings. The van der Waals surface area contributed by atoms with Crippen molar-refractivity contribution in [1.82, 2.24) is 0 Å². The van der Waals surface area contributed by atoms with Gasteiger partial charge >= 0.3 is 0 Å². The monoisotopic (exact) mass is 214 g/mol. The minimum Gasteiger partial charge on any atom is -0.102 e. The zero-order valence-electron chi connectivity index (χ0n) is 11.2. The third-order valence-electron chi connectivity index (χ3n) is 2.42. The largest absolute Gasteiger partial charge is 0.102 e. The van der Waals surface area contributed by atoms with Gasteiger partial charge in [0.1, 0.15) is 0 Å². The Morgan fingerprint density at radius 2 is 1.07 bits per heavy atom. The van der Waals surface area contributed by atoms with Crippen LogP contribution in [0, 0.1) is 0 Å². The molecule has 0 radical (unpaired) electrons. The Morgan fingerprint density at radius 3 is 1.14 bits per heavy atom. The van der Waals surface area contributed by atoms with Gasteiger partial charge in [0.05, 0.1) is 0 Å². The van der Waals surface area contributed by atoms with E-state index in [0.29, 0.717) is 10.3 Å². The maximum atomic E-state index is 4.00. The molecule has 0 heterocycles. The van der Waals surface area contributed by atoms with E-state index in [0.717, 1.165) is 0 Å². The number of hydrogen-bond acceptors (Lipinski definition) is 0. The molecular formula is C13H27P. The molecule has 14 heavy (non-hydrogen) atoms. The third-order valence-corrected chi connectivity index (χ3v) is 6.44. The van der Waals surface area contributed by atoms with Crippen LogP contribution in [0.5, 0.6) is 0 Å². The molecule has 0 aliphatic heterocycles. The van der Waals surface area contributed by atoms with E-state index in [4.69, 9.17) is 0 Å². The van der Waals surface area contributed by atoms with Gasteiger partial charge in [-0.1, -0.05) is 69.4 Å². The molecule has 0 aliphatic carbocycles. The summed E-state index contributed by atoms with van der Waals surface area (Å²) in [5.41, 5.74) is 0. The van der Waals surface area contributed by atoms with Gasteiger partial charge in [0, 0.05) is 5.16 Å². The first-order chi connectivity index (χ1) is 5.93. The fourth-order valence-corrected chi connectivity index (χ4v) is 8.48. The second-order valence-electron chi connectivity index (χ2n) is 6.53. The summed E-state index contributed by atoms with van der Waals surface area (Å²) in [6, 6.07) is 0. The second-order valence-corrected chi connectivity index (χ2v) is 11.0. The van der Waals surface area contributed by atoms with Gasteiger partial charge in [0.25, 0.3) is 0 Å². The van der Waals surface area contributed by atoms with Gasteiger partial charge in [0.15, 0.2) is 0 Å². The summed E-state index contributed by atoms with van der Waals surface area (Å²) >= 11 is 0. The first kappa shape index (κ1) is 14.2. The normalized spacial score (nSPS) is 14.6. The fraction of sp³-hybridized carbons (Fsp3) is 0.846. The van der Waals surface area contributed by atoms with Crippen LogP contribution in [-0.2, 0) is 0 Å². The topological polar surface area (TPSA) is 0 Å². The van der Waals surface area contributed by atoms with Crippen LogP contribution in [-0.4, -0.2) is 15.5 Å². The molecule has 0 bridgehead atoms. The van der Waals surface area contributed by atoms with E-state index in [1.54, 1.807) is 0 Å². The van der Waals surface area contributed by atoms with E-state index in [-0.39, 0.29) is 13.1 Å². The maximum absolute atomic E-state index is 4.00. The summed E-state index contributed by atoms with van der Waals surface area (Å²) in [4.78, 5) is 0. The van der Waals surface area contributed by atoms with E-state index >= 15 is 0 Å². The molecule has 0 aromatic heterocycles. The molecule has 0 saturated heterocycles. The van der Waals surface area contributed by atoms with Crippen molar-refractivity contribution in [2.75, 3.05) is 0 Å². The Bertz CT molecular complexity index is 186. The van der Waals surface area contributed by atoms with E-state index in [2.05, 4.69) is 68.0 Å². The standard InChI is InChI=1S/C13H27P/c1-10-13(8,9)14(11(2,3)4)12(5,6)7/h10H,1H2,2-9H3. The molecule has 0 saturated carbocycles. The highest BCUT2D eigenvalue weighted by atomic mass is 31.1. The van der Waals surface area contributed by atoms with Crippen LogP contribution >= 0.6 is 7.92 Å². The molecule has 0 amide bonds. The van der Waals surface area contributed by atoms with Crippen molar-refractivity contribution in [3.63, 3.8) is 0 Å². The van der Waals surface area contributed by atoms with Crippen molar-refractivity contribution in [3.05, 3.63) is 12.7 Å². The van der Waals surface area contributed by atoms with Crippen LogP contribution in [0.25, 0.3) is 0 Å². The van der Waals surface area contributed by atoms with Gasteiger partial charge in [-0.05, 0) is 10.3 Å². The number of allylic oxidation sites excluding steroid dienone is 1. The van der Waals surface area contributed by atoms with Gasteiger partial charge in [-0.15, -0.1) is 6.58 Å². The van der Waals surface area contributed by atoms with Crippen LogP contribution in [0.3, 0.4) is 0 Å². The summed E-state index contributed by atoms with van der Waals surface area (Å²) in [5.74, 6) is 0. The lowest BCUT2D eigenvalue weighted by molar-refractivity contribution is 0.666. The van der Waals surface area contributed by atoms with Crippen molar-refractivity contribution >= 4 is 7.92 Å². The molecule has 0 fully saturated rings. The zero-order valence-corrected chi connectivity index (χ0v) is 12.1. The van der Waals surface area contributed by atoms with Crippen LogP contribution in [0.1, 0.15) is 55.4 Å². The lowest BCUT2D eigenvalue weighted by Crippen LogP contribution is -2.35. The van der Waals surface area contributed by atoms with Crippen molar-refractivity contribution in [2.45, 2.75) is 70.9 Å². The number of hydrogen-bond donors (Lipinski definition) is 0. The number of rotatable bonds is 2. The summed E-state index contributed by atoms with van der Waals surface area (Å²) in [6.45, 7) is 22.8. The van der Waals surface area contributed by atoms with Gasteiger partial charge in [-0.2, -0.15) is 0 Å². The van der Waals surface area contributed by atoms with Crippen molar-refractivity contribution in [3.8, 4) is 0 Å². The Hall–Kier alpha value is 0.170. The van der Waals surface area contributed by atoms with E-state index < -0.39 is 0 Å². The van der Waals surface area contributed by atoms with E-state index in [1.165, 1.54) is 0 Å².